The number of aryl methyl sites for hydroxylation is 1. The van der Waals surface area contributed by atoms with Crippen LogP contribution in [0.5, 0.6) is 0 Å². The molecule has 0 aliphatic heterocycles. The minimum Gasteiger partial charge on any atom is -0.383 e. The Labute approximate surface area is 164 Å². The lowest BCUT2D eigenvalue weighted by atomic mass is 10.00. The second kappa shape index (κ2) is 8.12. The van der Waals surface area contributed by atoms with Crippen molar-refractivity contribution in [3.05, 3.63) is 59.8 Å². The lowest BCUT2D eigenvalue weighted by Gasteiger charge is -2.13. The SMILES string of the molecule is CNS(=O)(=O)CCNc1ccc(-c2ccc(Cl)cc2)cc1-c1ccn(C)n1. The lowest BCUT2D eigenvalue weighted by Crippen LogP contribution is -2.26. The normalized spacial score (nSPS) is 11.5. The zero-order chi connectivity index (χ0) is 19.4. The Balaban J connectivity index is 1.94. The Bertz CT molecular complexity index is 1030. The highest BCUT2D eigenvalue weighted by atomic mass is 35.5. The Hall–Kier alpha value is -2.35. The molecule has 3 rings (SSSR count). The number of sulfonamides is 1. The summed E-state index contributed by atoms with van der Waals surface area (Å²) in [6.07, 6.45) is 1.87. The van der Waals surface area contributed by atoms with E-state index in [0.29, 0.717) is 11.6 Å². The third-order valence-corrected chi connectivity index (χ3v) is 5.80. The molecule has 0 saturated carbocycles. The Morgan fingerprint density at radius 2 is 1.78 bits per heavy atom. The highest BCUT2D eigenvalue weighted by Gasteiger charge is 2.12. The minimum atomic E-state index is -3.26. The van der Waals surface area contributed by atoms with Gasteiger partial charge in [0.25, 0.3) is 0 Å². The summed E-state index contributed by atoms with van der Waals surface area (Å²) in [5.74, 6) is -0.00983. The average molecular weight is 405 g/mol. The first-order valence-electron chi connectivity index (χ1n) is 8.43. The van der Waals surface area contributed by atoms with E-state index in [-0.39, 0.29) is 5.75 Å². The van der Waals surface area contributed by atoms with Crippen LogP contribution in [-0.2, 0) is 17.1 Å². The summed E-state index contributed by atoms with van der Waals surface area (Å²) in [7, 11) is 0.00954. The second-order valence-electron chi connectivity index (χ2n) is 6.09. The third kappa shape index (κ3) is 4.88. The highest BCUT2D eigenvalue weighted by molar-refractivity contribution is 7.89. The van der Waals surface area contributed by atoms with Gasteiger partial charge in [-0.25, -0.2) is 13.1 Å². The summed E-state index contributed by atoms with van der Waals surface area (Å²) in [5.41, 5.74) is 4.62. The van der Waals surface area contributed by atoms with Gasteiger partial charge in [0.05, 0.1) is 11.4 Å². The molecule has 3 aromatic rings. The van der Waals surface area contributed by atoms with Gasteiger partial charge in [-0.15, -0.1) is 0 Å². The van der Waals surface area contributed by atoms with Gasteiger partial charge in [0, 0.05) is 36.1 Å². The Morgan fingerprint density at radius 3 is 2.41 bits per heavy atom. The fraction of sp³-hybridized carbons (Fsp3) is 0.211. The molecule has 0 aliphatic rings. The molecule has 27 heavy (non-hydrogen) atoms. The highest BCUT2D eigenvalue weighted by Crippen LogP contribution is 2.32. The first kappa shape index (κ1) is 19.4. The molecule has 0 bridgehead atoms. The van der Waals surface area contributed by atoms with E-state index in [2.05, 4.69) is 15.1 Å². The number of hydrogen-bond donors (Lipinski definition) is 2. The molecule has 1 aromatic heterocycles. The molecule has 142 valence electrons. The van der Waals surface area contributed by atoms with E-state index in [0.717, 1.165) is 28.1 Å². The number of benzene rings is 2. The number of nitrogens with zero attached hydrogens (tertiary/aromatic N) is 2. The second-order valence-corrected chi connectivity index (χ2v) is 8.57. The summed E-state index contributed by atoms with van der Waals surface area (Å²) < 4.78 is 27.3. The number of hydrogen-bond acceptors (Lipinski definition) is 4. The average Bonchev–Trinajstić information content (AvgIpc) is 3.09. The maximum Gasteiger partial charge on any atom is 0.213 e. The van der Waals surface area contributed by atoms with E-state index in [1.807, 2.05) is 61.8 Å². The molecule has 0 spiro atoms. The molecular formula is C19H21ClN4O2S. The van der Waals surface area contributed by atoms with E-state index >= 15 is 0 Å². The monoisotopic (exact) mass is 404 g/mol. The number of aromatic nitrogens is 2. The fourth-order valence-electron chi connectivity index (χ4n) is 2.71. The van der Waals surface area contributed by atoms with Crippen LogP contribution in [0.1, 0.15) is 0 Å². The quantitative estimate of drug-likeness (QED) is 0.633. The molecule has 0 fully saturated rings. The molecule has 0 saturated heterocycles. The molecule has 0 radical (unpaired) electrons. The van der Waals surface area contributed by atoms with Gasteiger partial charge in [-0.05, 0) is 48.5 Å². The molecular weight excluding hydrogens is 384 g/mol. The molecule has 2 N–H and O–H groups in total. The van der Waals surface area contributed by atoms with E-state index in [9.17, 15) is 8.42 Å². The molecule has 0 aliphatic carbocycles. The van der Waals surface area contributed by atoms with Crippen molar-refractivity contribution in [2.75, 3.05) is 24.7 Å². The van der Waals surface area contributed by atoms with Crippen molar-refractivity contribution in [3.8, 4) is 22.4 Å². The maximum absolute atomic E-state index is 11.6. The van der Waals surface area contributed by atoms with Gasteiger partial charge in [0.2, 0.25) is 10.0 Å². The topological polar surface area (TPSA) is 76.0 Å². The van der Waals surface area contributed by atoms with Crippen molar-refractivity contribution in [3.63, 3.8) is 0 Å². The van der Waals surface area contributed by atoms with Crippen LogP contribution in [0.15, 0.2) is 54.7 Å². The van der Waals surface area contributed by atoms with Crippen molar-refractivity contribution in [2.24, 2.45) is 7.05 Å². The first-order valence-corrected chi connectivity index (χ1v) is 10.5. The van der Waals surface area contributed by atoms with Crippen molar-refractivity contribution < 1.29 is 8.42 Å². The van der Waals surface area contributed by atoms with Gasteiger partial charge < -0.3 is 5.32 Å². The van der Waals surface area contributed by atoms with E-state index in [1.54, 1.807) is 4.68 Å². The fourth-order valence-corrected chi connectivity index (χ4v) is 3.41. The molecule has 0 unspecified atom stereocenters. The van der Waals surface area contributed by atoms with Gasteiger partial charge in [0.15, 0.2) is 0 Å². The number of nitrogens with one attached hydrogen (secondary N) is 2. The molecule has 1 heterocycles. The van der Waals surface area contributed by atoms with Gasteiger partial charge in [0.1, 0.15) is 0 Å². The molecule has 0 amide bonds. The van der Waals surface area contributed by atoms with E-state index in [4.69, 9.17) is 11.6 Å². The van der Waals surface area contributed by atoms with Gasteiger partial charge >= 0.3 is 0 Å². The van der Waals surface area contributed by atoms with Crippen LogP contribution in [0.4, 0.5) is 5.69 Å². The van der Waals surface area contributed by atoms with Crippen molar-refractivity contribution >= 4 is 27.3 Å². The van der Waals surface area contributed by atoms with Crippen LogP contribution in [-0.4, -0.2) is 37.5 Å². The predicted molar refractivity (Wildman–Crippen MR) is 110 cm³/mol. The molecule has 6 nitrogen and oxygen atoms in total. The lowest BCUT2D eigenvalue weighted by molar-refractivity contribution is 0.588. The van der Waals surface area contributed by atoms with Gasteiger partial charge in [-0.2, -0.15) is 5.10 Å². The van der Waals surface area contributed by atoms with Gasteiger partial charge in [-0.3, -0.25) is 4.68 Å². The molecule has 8 heteroatoms. The van der Waals surface area contributed by atoms with Crippen LogP contribution in [0.2, 0.25) is 5.02 Å². The molecule has 2 aromatic carbocycles. The van der Waals surface area contributed by atoms with Crippen LogP contribution in [0.3, 0.4) is 0 Å². The summed E-state index contributed by atoms with van der Waals surface area (Å²) >= 11 is 5.98. The Morgan fingerprint density at radius 1 is 1.07 bits per heavy atom. The summed E-state index contributed by atoms with van der Waals surface area (Å²) in [5, 5.41) is 8.39. The number of rotatable bonds is 7. The van der Waals surface area contributed by atoms with Gasteiger partial charge in [-0.1, -0.05) is 29.8 Å². The largest absolute Gasteiger partial charge is 0.383 e. The Kier molecular flexibility index (Phi) is 5.84. The molecule has 0 atom stereocenters. The first-order chi connectivity index (χ1) is 12.9. The third-order valence-electron chi connectivity index (χ3n) is 4.18. The van der Waals surface area contributed by atoms with Crippen molar-refractivity contribution in [2.45, 2.75) is 0 Å². The number of anilines is 1. The standard InChI is InChI=1S/C19H21ClN4O2S/c1-21-27(25,26)12-10-22-18-8-5-15(14-3-6-16(20)7-4-14)13-17(18)19-9-11-24(2)23-19/h3-9,11,13,21-22H,10,12H2,1-2H3. The summed E-state index contributed by atoms with van der Waals surface area (Å²) in [6.45, 7) is 0.295. The smallest absolute Gasteiger partial charge is 0.213 e. The van der Waals surface area contributed by atoms with Crippen LogP contribution in [0, 0.1) is 0 Å². The summed E-state index contributed by atoms with van der Waals surface area (Å²) in [4.78, 5) is 0. The van der Waals surface area contributed by atoms with Crippen LogP contribution >= 0.6 is 11.6 Å². The van der Waals surface area contributed by atoms with Crippen LogP contribution in [0.25, 0.3) is 22.4 Å². The predicted octanol–water partition coefficient (Wildman–Crippen LogP) is 3.37. The van der Waals surface area contributed by atoms with Crippen molar-refractivity contribution in [1.29, 1.82) is 0 Å². The zero-order valence-corrected chi connectivity index (χ0v) is 16.7. The van der Waals surface area contributed by atoms with E-state index < -0.39 is 10.0 Å². The number of halogens is 1. The zero-order valence-electron chi connectivity index (χ0n) is 15.1. The summed E-state index contributed by atoms with van der Waals surface area (Å²) in [6, 6.07) is 15.5. The van der Waals surface area contributed by atoms with Crippen molar-refractivity contribution in [1.82, 2.24) is 14.5 Å². The van der Waals surface area contributed by atoms with Crippen LogP contribution < -0.4 is 10.0 Å². The van der Waals surface area contributed by atoms with E-state index in [1.165, 1.54) is 7.05 Å². The maximum atomic E-state index is 11.6. The minimum absolute atomic E-state index is 0.00983.